The van der Waals surface area contributed by atoms with Crippen molar-refractivity contribution >= 4 is 0 Å². The summed E-state index contributed by atoms with van der Waals surface area (Å²) in [5, 5.41) is 10.2. The minimum absolute atomic E-state index is 0.176. The highest BCUT2D eigenvalue weighted by molar-refractivity contribution is 4.94. The zero-order chi connectivity index (χ0) is 11.6. The summed E-state index contributed by atoms with van der Waals surface area (Å²) >= 11 is 0. The molecule has 0 radical (unpaired) electrons. The normalized spacial score (nSPS) is 38.6. The number of hydrogen-bond donors (Lipinski definition) is 2. The van der Waals surface area contributed by atoms with Gasteiger partial charge in [-0.05, 0) is 24.2 Å². The smallest absolute Gasteiger partial charge is 0.0611 e. The summed E-state index contributed by atoms with van der Waals surface area (Å²) in [6.45, 7) is 8.77. The Hall–Kier alpha value is -0.0800. The number of nitrogens with two attached hydrogens (primary N) is 1. The van der Waals surface area contributed by atoms with Gasteiger partial charge in [0.15, 0.2) is 0 Å². The summed E-state index contributed by atoms with van der Waals surface area (Å²) in [5.74, 6) is 1.87. The molecule has 5 atom stereocenters. The van der Waals surface area contributed by atoms with Crippen LogP contribution in [0, 0.1) is 23.7 Å². The molecule has 0 bridgehead atoms. The van der Waals surface area contributed by atoms with Gasteiger partial charge >= 0.3 is 0 Å². The van der Waals surface area contributed by atoms with Crippen molar-refractivity contribution in [1.29, 1.82) is 0 Å². The van der Waals surface area contributed by atoms with Gasteiger partial charge in [0.2, 0.25) is 0 Å². The minimum Gasteiger partial charge on any atom is -0.392 e. The van der Waals surface area contributed by atoms with E-state index in [0.717, 1.165) is 19.3 Å². The second-order valence-electron chi connectivity index (χ2n) is 5.41. The van der Waals surface area contributed by atoms with Crippen molar-refractivity contribution in [3.05, 3.63) is 0 Å². The summed E-state index contributed by atoms with van der Waals surface area (Å²) in [6, 6.07) is 0.176. The standard InChI is InChI=1S/C13H27NO/c1-5-10(6-2)12(14)11-8(3)7-9(4)13(11)15/h8-13,15H,5-7,14H2,1-4H3/t8-,9+,11-,12?,13-/m0/s1. The van der Waals surface area contributed by atoms with Crippen LogP contribution in [0.2, 0.25) is 0 Å². The molecular formula is C13H27NO. The van der Waals surface area contributed by atoms with Crippen molar-refractivity contribution in [3.63, 3.8) is 0 Å². The molecule has 1 rings (SSSR count). The van der Waals surface area contributed by atoms with Gasteiger partial charge in [0.1, 0.15) is 0 Å². The quantitative estimate of drug-likeness (QED) is 0.753. The predicted molar refractivity (Wildman–Crippen MR) is 64.5 cm³/mol. The molecule has 1 unspecified atom stereocenters. The molecule has 90 valence electrons. The van der Waals surface area contributed by atoms with E-state index in [1.165, 1.54) is 0 Å². The fourth-order valence-corrected chi connectivity index (χ4v) is 3.35. The Morgan fingerprint density at radius 1 is 1.20 bits per heavy atom. The van der Waals surface area contributed by atoms with Crippen LogP contribution in [0.4, 0.5) is 0 Å². The van der Waals surface area contributed by atoms with Crippen molar-refractivity contribution in [2.45, 2.75) is 59.1 Å². The molecular weight excluding hydrogens is 186 g/mol. The number of aliphatic hydroxyl groups is 1. The Balaban J connectivity index is 2.69. The van der Waals surface area contributed by atoms with E-state index in [-0.39, 0.29) is 12.1 Å². The second-order valence-corrected chi connectivity index (χ2v) is 5.41. The van der Waals surface area contributed by atoms with Gasteiger partial charge in [0.05, 0.1) is 6.10 Å². The third-order valence-electron chi connectivity index (χ3n) is 4.42. The molecule has 0 heterocycles. The van der Waals surface area contributed by atoms with E-state index in [2.05, 4.69) is 27.7 Å². The first-order valence-corrected chi connectivity index (χ1v) is 6.46. The van der Waals surface area contributed by atoms with E-state index in [1.54, 1.807) is 0 Å². The van der Waals surface area contributed by atoms with E-state index in [0.29, 0.717) is 23.7 Å². The molecule has 0 amide bonds. The maximum Gasteiger partial charge on any atom is 0.0611 e. The molecule has 1 aliphatic carbocycles. The topological polar surface area (TPSA) is 46.2 Å². The Kier molecular flexibility index (Phi) is 4.60. The Labute approximate surface area is 94.2 Å². The third kappa shape index (κ3) is 2.54. The van der Waals surface area contributed by atoms with E-state index < -0.39 is 0 Å². The third-order valence-corrected chi connectivity index (χ3v) is 4.42. The van der Waals surface area contributed by atoms with Crippen LogP contribution in [0.5, 0.6) is 0 Å². The lowest BCUT2D eigenvalue weighted by atomic mass is 9.79. The van der Waals surface area contributed by atoms with E-state index in [9.17, 15) is 5.11 Å². The maximum absolute atomic E-state index is 10.2. The van der Waals surface area contributed by atoms with Crippen LogP contribution in [-0.4, -0.2) is 17.3 Å². The Bertz CT molecular complexity index is 191. The molecule has 0 aromatic carbocycles. The minimum atomic E-state index is -0.185. The van der Waals surface area contributed by atoms with Crippen LogP contribution in [0.3, 0.4) is 0 Å². The highest BCUT2D eigenvalue weighted by Crippen LogP contribution is 2.40. The van der Waals surface area contributed by atoms with Crippen molar-refractivity contribution < 1.29 is 5.11 Å². The molecule has 2 nitrogen and oxygen atoms in total. The van der Waals surface area contributed by atoms with Crippen LogP contribution in [-0.2, 0) is 0 Å². The van der Waals surface area contributed by atoms with Gasteiger partial charge in [0.25, 0.3) is 0 Å². The summed E-state index contributed by atoms with van der Waals surface area (Å²) in [4.78, 5) is 0. The van der Waals surface area contributed by atoms with Gasteiger partial charge in [-0.1, -0.05) is 40.5 Å². The SMILES string of the molecule is CCC(CC)C(N)[C@H]1[C@@H](O)[C@H](C)C[C@@H]1C. The first-order chi connectivity index (χ1) is 7.02. The summed E-state index contributed by atoms with van der Waals surface area (Å²) in [7, 11) is 0. The molecule has 0 saturated heterocycles. The fraction of sp³-hybridized carbons (Fsp3) is 1.00. The van der Waals surface area contributed by atoms with Crippen LogP contribution in [0.1, 0.15) is 47.0 Å². The Morgan fingerprint density at radius 2 is 1.73 bits per heavy atom. The van der Waals surface area contributed by atoms with Gasteiger partial charge in [-0.25, -0.2) is 0 Å². The van der Waals surface area contributed by atoms with Gasteiger partial charge in [-0.2, -0.15) is 0 Å². The predicted octanol–water partition coefficient (Wildman–Crippen LogP) is 2.40. The zero-order valence-corrected chi connectivity index (χ0v) is 10.6. The van der Waals surface area contributed by atoms with Gasteiger partial charge < -0.3 is 10.8 Å². The van der Waals surface area contributed by atoms with E-state index in [1.807, 2.05) is 0 Å². The summed E-state index contributed by atoms with van der Waals surface area (Å²) in [6.07, 6.45) is 3.19. The molecule has 1 saturated carbocycles. The number of rotatable bonds is 4. The molecule has 0 aromatic heterocycles. The highest BCUT2D eigenvalue weighted by atomic mass is 16.3. The Morgan fingerprint density at radius 3 is 2.07 bits per heavy atom. The average molecular weight is 213 g/mol. The molecule has 0 aromatic rings. The second kappa shape index (κ2) is 5.31. The lowest BCUT2D eigenvalue weighted by molar-refractivity contribution is 0.0634. The van der Waals surface area contributed by atoms with Crippen molar-refractivity contribution in [2.24, 2.45) is 29.4 Å². The zero-order valence-electron chi connectivity index (χ0n) is 10.6. The first kappa shape index (κ1) is 13.0. The summed E-state index contributed by atoms with van der Waals surface area (Å²) in [5.41, 5.74) is 6.33. The number of aliphatic hydroxyl groups excluding tert-OH is 1. The van der Waals surface area contributed by atoms with E-state index in [4.69, 9.17) is 5.73 Å². The molecule has 1 fully saturated rings. The molecule has 0 spiro atoms. The van der Waals surface area contributed by atoms with Crippen LogP contribution < -0.4 is 5.73 Å². The first-order valence-electron chi connectivity index (χ1n) is 6.46. The van der Waals surface area contributed by atoms with Gasteiger partial charge in [0, 0.05) is 12.0 Å². The molecule has 0 aliphatic heterocycles. The van der Waals surface area contributed by atoms with Crippen molar-refractivity contribution in [1.82, 2.24) is 0 Å². The molecule has 3 N–H and O–H groups in total. The highest BCUT2D eigenvalue weighted by Gasteiger charge is 2.42. The molecule has 2 heteroatoms. The maximum atomic E-state index is 10.2. The van der Waals surface area contributed by atoms with Gasteiger partial charge in [-0.3, -0.25) is 0 Å². The largest absolute Gasteiger partial charge is 0.392 e. The fourth-order valence-electron chi connectivity index (χ4n) is 3.35. The van der Waals surface area contributed by atoms with E-state index >= 15 is 0 Å². The molecule has 1 aliphatic rings. The number of hydrogen-bond acceptors (Lipinski definition) is 2. The van der Waals surface area contributed by atoms with Crippen molar-refractivity contribution in [3.8, 4) is 0 Å². The lowest BCUT2D eigenvalue weighted by Crippen LogP contribution is -2.43. The van der Waals surface area contributed by atoms with Gasteiger partial charge in [-0.15, -0.1) is 0 Å². The van der Waals surface area contributed by atoms with Crippen LogP contribution >= 0.6 is 0 Å². The average Bonchev–Trinajstić information content (AvgIpc) is 2.43. The summed E-state index contributed by atoms with van der Waals surface area (Å²) < 4.78 is 0. The van der Waals surface area contributed by atoms with Crippen LogP contribution in [0.15, 0.2) is 0 Å². The lowest BCUT2D eigenvalue weighted by Gasteiger charge is -2.32. The van der Waals surface area contributed by atoms with Crippen molar-refractivity contribution in [2.75, 3.05) is 0 Å². The van der Waals surface area contributed by atoms with Crippen LogP contribution in [0.25, 0.3) is 0 Å². The monoisotopic (exact) mass is 213 g/mol. The molecule has 15 heavy (non-hydrogen) atoms.